The highest BCUT2D eigenvalue weighted by atomic mass is 16.3. The van der Waals surface area contributed by atoms with Crippen molar-refractivity contribution in [2.24, 2.45) is 0 Å². The molecule has 2 nitrogen and oxygen atoms in total. The lowest BCUT2D eigenvalue weighted by Crippen LogP contribution is -2.18. The minimum Gasteiger partial charge on any atom is -0.455 e. The summed E-state index contributed by atoms with van der Waals surface area (Å²) in [6, 6.07) is 72.8. The molecule has 0 saturated carbocycles. The molecule has 0 radical (unpaired) electrons. The van der Waals surface area contributed by atoms with Gasteiger partial charge in [0.15, 0.2) is 0 Å². The molecule has 0 aliphatic heterocycles. The number of para-hydroxylation sites is 2. The van der Waals surface area contributed by atoms with Crippen LogP contribution in [0.2, 0.25) is 0 Å². The van der Waals surface area contributed by atoms with Crippen LogP contribution in [-0.4, -0.2) is 0 Å². The lowest BCUT2D eigenvalue weighted by Gasteiger charge is -2.31. The Balaban J connectivity index is 1.02. The summed E-state index contributed by atoms with van der Waals surface area (Å²) in [4.78, 5) is 2.44. The maximum atomic E-state index is 6.82. The molecule has 0 fully saturated rings. The van der Waals surface area contributed by atoms with E-state index in [9.17, 15) is 0 Å². The number of hydrogen-bond acceptors (Lipinski definition) is 2. The minimum absolute atomic E-state index is 0.214. The van der Waals surface area contributed by atoms with Gasteiger partial charge in [-0.05, 0) is 109 Å². The Hall–Kier alpha value is -7.68. The zero-order valence-electron chi connectivity index (χ0n) is 32.9. The third kappa shape index (κ3) is 5.72. The largest absolute Gasteiger partial charge is 0.455 e. The summed E-state index contributed by atoms with van der Waals surface area (Å²) in [6.45, 7) is 0. The second-order valence-electron chi connectivity index (χ2n) is 16.0. The van der Waals surface area contributed by atoms with Gasteiger partial charge in [-0.3, -0.25) is 0 Å². The molecule has 1 heterocycles. The van der Waals surface area contributed by atoms with Crippen LogP contribution in [-0.2, 0) is 0 Å². The summed E-state index contributed by atoms with van der Waals surface area (Å²) < 4.78 is 6.82. The molecule has 1 unspecified atom stereocenters. The maximum Gasteiger partial charge on any atom is 0.143 e. The smallest absolute Gasteiger partial charge is 0.143 e. The van der Waals surface area contributed by atoms with E-state index in [0.29, 0.717) is 0 Å². The van der Waals surface area contributed by atoms with Crippen LogP contribution >= 0.6 is 0 Å². The van der Waals surface area contributed by atoms with Crippen molar-refractivity contribution in [3.63, 3.8) is 0 Å². The molecular formula is C58H39NO. The van der Waals surface area contributed by atoms with Gasteiger partial charge in [0.25, 0.3) is 0 Å². The molecule has 11 aromatic rings. The molecule has 0 spiro atoms. The number of nitrogens with zero attached hydrogens (tertiary/aromatic N) is 1. The zero-order valence-corrected chi connectivity index (χ0v) is 32.9. The average molecular weight is 766 g/mol. The number of benzene rings is 10. The van der Waals surface area contributed by atoms with Crippen molar-refractivity contribution in [3.8, 4) is 22.3 Å². The monoisotopic (exact) mass is 765 g/mol. The highest BCUT2D eigenvalue weighted by molar-refractivity contribution is 6.14. The Morgan fingerprint density at radius 1 is 0.433 bits per heavy atom. The van der Waals surface area contributed by atoms with E-state index in [1.165, 1.54) is 59.8 Å². The minimum atomic E-state index is 0.214. The standard InChI is InChI=1S/C58H39NO/c1-2-15-42-37-57-55(36-41(42)14-1)54-24-11-23-53(58(54)60-57)52-21-7-8-25-56(52)59(47-18-9-17-44(35-47)50-22-10-16-39-12-3-5-19-48(39)50)46-31-28-38(29-32-46)43-30-33-51-45(34-43)27-26-40-13-4-6-20-49(40)51/h1-16,18-37,44H,17H2. The molecule has 282 valence electrons. The summed E-state index contributed by atoms with van der Waals surface area (Å²) in [5, 5.41) is 12.3. The SMILES string of the molecule is C1=CC(N(c2ccc(-c3ccc4c(ccc5ccccc54)c3)cc2)c2ccccc2-c2cccc3c2oc2cc4ccccc4cc23)=CC(c2cccc3ccccc23)C1. The summed E-state index contributed by atoms with van der Waals surface area (Å²) >= 11 is 0. The van der Waals surface area contributed by atoms with Crippen LogP contribution in [0, 0.1) is 0 Å². The van der Waals surface area contributed by atoms with Gasteiger partial charge in [0.2, 0.25) is 0 Å². The Morgan fingerprint density at radius 3 is 1.93 bits per heavy atom. The third-order valence-corrected chi connectivity index (χ3v) is 12.5. The predicted molar refractivity (Wildman–Crippen MR) is 254 cm³/mol. The van der Waals surface area contributed by atoms with Crippen molar-refractivity contribution in [2.45, 2.75) is 12.3 Å². The first-order chi connectivity index (χ1) is 29.7. The molecule has 1 aliphatic rings. The van der Waals surface area contributed by atoms with Crippen LogP contribution in [0.5, 0.6) is 0 Å². The van der Waals surface area contributed by atoms with Gasteiger partial charge in [-0.25, -0.2) is 0 Å². The predicted octanol–water partition coefficient (Wildman–Crippen LogP) is 16.3. The van der Waals surface area contributed by atoms with Crippen LogP contribution in [0.25, 0.3) is 87.3 Å². The molecule has 1 atom stereocenters. The second kappa shape index (κ2) is 14.0. The number of allylic oxidation sites excluding steroid dienone is 3. The van der Waals surface area contributed by atoms with Gasteiger partial charge in [0.05, 0.1) is 5.69 Å². The topological polar surface area (TPSA) is 16.4 Å². The van der Waals surface area contributed by atoms with E-state index in [-0.39, 0.29) is 5.92 Å². The average Bonchev–Trinajstić information content (AvgIpc) is 3.68. The highest BCUT2D eigenvalue weighted by Crippen LogP contribution is 2.45. The molecule has 2 heteroatoms. The van der Waals surface area contributed by atoms with Crippen LogP contribution in [0.4, 0.5) is 11.4 Å². The Labute approximate surface area is 348 Å². The van der Waals surface area contributed by atoms with E-state index in [2.05, 4.69) is 223 Å². The van der Waals surface area contributed by atoms with E-state index in [1.54, 1.807) is 0 Å². The number of rotatable bonds is 6. The van der Waals surface area contributed by atoms with Gasteiger partial charge in [-0.15, -0.1) is 0 Å². The summed E-state index contributed by atoms with van der Waals surface area (Å²) in [5.74, 6) is 0.214. The molecule has 12 rings (SSSR count). The normalized spacial score (nSPS) is 14.1. The van der Waals surface area contributed by atoms with Gasteiger partial charge in [0.1, 0.15) is 11.2 Å². The molecule has 0 bridgehead atoms. The van der Waals surface area contributed by atoms with E-state index in [0.717, 1.165) is 56.6 Å². The fourth-order valence-electron chi connectivity index (χ4n) is 9.62. The van der Waals surface area contributed by atoms with Crippen LogP contribution in [0.3, 0.4) is 0 Å². The van der Waals surface area contributed by atoms with Crippen molar-refractivity contribution in [2.75, 3.05) is 4.90 Å². The molecule has 1 aliphatic carbocycles. The van der Waals surface area contributed by atoms with Gasteiger partial charge in [-0.1, -0.05) is 176 Å². The summed E-state index contributed by atoms with van der Waals surface area (Å²) in [7, 11) is 0. The van der Waals surface area contributed by atoms with Crippen molar-refractivity contribution in [3.05, 3.63) is 230 Å². The fraction of sp³-hybridized carbons (Fsp3) is 0.0345. The molecule has 1 aromatic heterocycles. The van der Waals surface area contributed by atoms with Crippen LogP contribution in [0.15, 0.2) is 229 Å². The second-order valence-corrected chi connectivity index (χ2v) is 16.0. The zero-order chi connectivity index (χ0) is 39.6. The number of fused-ring (bicyclic) bond motifs is 8. The Bertz CT molecular complexity index is 3530. The first kappa shape index (κ1) is 34.4. The van der Waals surface area contributed by atoms with Crippen molar-refractivity contribution in [1.29, 1.82) is 0 Å². The molecule has 0 amide bonds. The molecule has 0 saturated heterocycles. The quantitative estimate of drug-likeness (QED) is 0.157. The van der Waals surface area contributed by atoms with Gasteiger partial charge in [0, 0.05) is 39.2 Å². The van der Waals surface area contributed by atoms with Gasteiger partial charge < -0.3 is 9.32 Å². The number of anilines is 2. The number of hydrogen-bond donors (Lipinski definition) is 0. The van der Waals surface area contributed by atoms with Crippen molar-refractivity contribution in [1.82, 2.24) is 0 Å². The fourth-order valence-corrected chi connectivity index (χ4v) is 9.62. The van der Waals surface area contributed by atoms with E-state index in [1.807, 2.05) is 0 Å². The van der Waals surface area contributed by atoms with Crippen molar-refractivity contribution >= 4 is 76.4 Å². The maximum absolute atomic E-state index is 6.82. The first-order valence-corrected chi connectivity index (χ1v) is 20.9. The van der Waals surface area contributed by atoms with E-state index in [4.69, 9.17) is 4.42 Å². The van der Waals surface area contributed by atoms with E-state index < -0.39 is 0 Å². The Morgan fingerprint density at radius 2 is 1.07 bits per heavy atom. The molecule has 60 heavy (non-hydrogen) atoms. The van der Waals surface area contributed by atoms with Crippen LogP contribution in [0.1, 0.15) is 17.9 Å². The van der Waals surface area contributed by atoms with Gasteiger partial charge >= 0.3 is 0 Å². The van der Waals surface area contributed by atoms with Gasteiger partial charge in [-0.2, -0.15) is 0 Å². The molecule has 10 aromatic carbocycles. The third-order valence-electron chi connectivity index (χ3n) is 12.5. The lowest BCUT2D eigenvalue weighted by atomic mass is 9.87. The Kier molecular flexibility index (Phi) is 8.02. The molecule has 0 N–H and O–H groups in total. The summed E-state index contributed by atoms with van der Waals surface area (Å²) in [5.41, 5.74) is 11.0. The summed E-state index contributed by atoms with van der Waals surface area (Å²) in [6.07, 6.45) is 8.05. The van der Waals surface area contributed by atoms with E-state index >= 15 is 0 Å². The lowest BCUT2D eigenvalue weighted by molar-refractivity contribution is 0.670. The van der Waals surface area contributed by atoms with Crippen LogP contribution < -0.4 is 4.90 Å². The molecular weight excluding hydrogens is 727 g/mol. The first-order valence-electron chi connectivity index (χ1n) is 20.9. The number of furan rings is 1. The highest BCUT2D eigenvalue weighted by Gasteiger charge is 2.24. The van der Waals surface area contributed by atoms with Crippen molar-refractivity contribution < 1.29 is 4.42 Å².